The first-order valence-corrected chi connectivity index (χ1v) is 16.1. The molecule has 2 aliphatic rings. The Morgan fingerprint density at radius 3 is 1.72 bits per heavy atom. The Balaban J connectivity index is 1.46. The van der Waals surface area contributed by atoms with E-state index in [1.807, 2.05) is 103 Å². The number of methoxy groups -OCH3 is 1. The van der Waals surface area contributed by atoms with Crippen LogP contribution in [0.25, 0.3) is 0 Å². The molecule has 2 aliphatic heterocycles. The van der Waals surface area contributed by atoms with Crippen molar-refractivity contribution in [3.63, 3.8) is 0 Å². The van der Waals surface area contributed by atoms with Gasteiger partial charge in [-0.2, -0.15) is 0 Å². The highest BCUT2D eigenvalue weighted by molar-refractivity contribution is 5.75. The number of rotatable bonds is 10. The number of hydrogen-bond donors (Lipinski definition) is 1. The Labute approximate surface area is 275 Å². The Morgan fingerprint density at radius 2 is 1.23 bits per heavy atom. The summed E-state index contributed by atoms with van der Waals surface area (Å²) in [6, 6.07) is 28.8. The van der Waals surface area contributed by atoms with Crippen LogP contribution in [-0.2, 0) is 57.3 Å². The number of esters is 3. The Kier molecular flexibility index (Phi) is 12.3. The second-order valence-electron chi connectivity index (χ2n) is 11.9. The number of ether oxygens (including phenoxy) is 5. The largest absolute Gasteiger partial charge is 0.455 e. The van der Waals surface area contributed by atoms with Gasteiger partial charge < -0.3 is 28.8 Å². The molecule has 2 heterocycles. The summed E-state index contributed by atoms with van der Waals surface area (Å²) in [6.45, 7) is -0.558. The summed E-state index contributed by atoms with van der Waals surface area (Å²) in [7, 11) is 1.37. The standard InChI is InChI=1S/C38H42O9/c1-43-38-35-34(33(31(25-39)44-38)45-32(40)22-21-26-13-5-2-6-14-26)46-36(41)29(23-27-15-7-3-8-16-27)19-11-12-20-30(37(42)47-35)24-28-17-9-4-10-18-28/h2-18,29-31,33-35,38-39H,19-25H2,1H3/b12-11+/t29-,30-,31+,33+,34-,35+,38-/m0/s1. The zero-order valence-corrected chi connectivity index (χ0v) is 26.5. The number of aliphatic hydroxyl groups is 1. The minimum absolute atomic E-state index is 0.0397. The number of benzene rings is 3. The van der Waals surface area contributed by atoms with E-state index in [1.54, 1.807) is 0 Å². The molecule has 0 bridgehead atoms. The van der Waals surface area contributed by atoms with Crippen molar-refractivity contribution in [2.75, 3.05) is 13.7 Å². The van der Waals surface area contributed by atoms with Crippen LogP contribution in [-0.4, -0.2) is 67.4 Å². The zero-order chi connectivity index (χ0) is 33.0. The van der Waals surface area contributed by atoms with Gasteiger partial charge in [-0.25, -0.2) is 0 Å². The van der Waals surface area contributed by atoms with Gasteiger partial charge in [0.15, 0.2) is 24.6 Å². The number of carbonyl (C=O) groups is 3. The lowest BCUT2D eigenvalue weighted by molar-refractivity contribution is -0.304. The van der Waals surface area contributed by atoms with Crippen LogP contribution >= 0.6 is 0 Å². The molecule has 7 atom stereocenters. The molecule has 248 valence electrons. The van der Waals surface area contributed by atoms with Crippen molar-refractivity contribution in [3.05, 3.63) is 120 Å². The maximum atomic E-state index is 13.9. The summed E-state index contributed by atoms with van der Waals surface area (Å²) in [5.74, 6) is -2.80. The minimum Gasteiger partial charge on any atom is -0.455 e. The highest BCUT2D eigenvalue weighted by Crippen LogP contribution is 2.32. The molecule has 5 rings (SSSR count). The molecule has 0 radical (unpaired) electrons. The third kappa shape index (κ3) is 9.38. The van der Waals surface area contributed by atoms with Crippen molar-refractivity contribution >= 4 is 17.9 Å². The molecule has 0 unspecified atom stereocenters. The van der Waals surface area contributed by atoms with Crippen molar-refractivity contribution in [2.24, 2.45) is 11.8 Å². The quantitative estimate of drug-likeness (QED) is 0.189. The fraction of sp³-hybridized carbons (Fsp3) is 0.395. The lowest BCUT2D eigenvalue weighted by Crippen LogP contribution is -2.63. The van der Waals surface area contributed by atoms with Crippen LogP contribution in [0.1, 0.15) is 36.0 Å². The highest BCUT2D eigenvalue weighted by atomic mass is 16.7. The van der Waals surface area contributed by atoms with E-state index in [0.717, 1.165) is 16.7 Å². The second-order valence-corrected chi connectivity index (χ2v) is 11.9. The summed E-state index contributed by atoms with van der Waals surface area (Å²) >= 11 is 0. The van der Waals surface area contributed by atoms with E-state index in [-0.39, 0.29) is 6.42 Å². The highest BCUT2D eigenvalue weighted by Gasteiger charge is 2.53. The molecule has 0 saturated carbocycles. The van der Waals surface area contributed by atoms with Gasteiger partial charge in [-0.15, -0.1) is 0 Å². The van der Waals surface area contributed by atoms with Crippen molar-refractivity contribution in [1.29, 1.82) is 0 Å². The molecule has 1 N–H and O–H groups in total. The van der Waals surface area contributed by atoms with E-state index >= 15 is 0 Å². The summed E-state index contributed by atoms with van der Waals surface area (Å²) in [6.07, 6.45) is -0.291. The summed E-state index contributed by atoms with van der Waals surface area (Å²) in [5, 5.41) is 10.3. The number of hydrogen-bond acceptors (Lipinski definition) is 9. The van der Waals surface area contributed by atoms with Crippen LogP contribution in [0, 0.1) is 11.8 Å². The van der Waals surface area contributed by atoms with Crippen LogP contribution in [0.5, 0.6) is 0 Å². The average Bonchev–Trinajstić information content (AvgIpc) is 3.10. The maximum absolute atomic E-state index is 13.9. The molecule has 0 aromatic heterocycles. The SMILES string of the molecule is CO[C@H]1O[C@H](CO)[C@@H](OC(=O)CCc2ccccc2)[C@@H]2OC(=O)[C@H](Cc3ccccc3)C/C=C/C[C@@H](Cc3ccccc3)C(=O)O[C@@H]12. The fourth-order valence-corrected chi connectivity index (χ4v) is 6.02. The van der Waals surface area contributed by atoms with Crippen LogP contribution in [0.4, 0.5) is 0 Å². The Morgan fingerprint density at radius 1 is 0.745 bits per heavy atom. The summed E-state index contributed by atoms with van der Waals surface area (Å²) in [5.41, 5.74) is 2.88. The first-order valence-electron chi connectivity index (χ1n) is 16.1. The van der Waals surface area contributed by atoms with Crippen LogP contribution in [0.3, 0.4) is 0 Å². The van der Waals surface area contributed by atoms with Crippen molar-refractivity contribution in [3.8, 4) is 0 Å². The normalized spacial score (nSPS) is 27.2. The molecular weight excluding hydrogens is 600 g/mol. The van der Waals surface area contributed by atoms with E-state index in [9.17, 15) is 19.5 Å². The molecule has 0 amide bonds. The average molecular weight is 643 g/mol. The van der Waals surface area contributed by atoms with Crippen molar-refractivity contribution in [2.45, 2.75) is 69.2 Å². The third-order valence-electron chi connectivity index (χ3n) is 8.56. The van der Waals surface area contributed by atoms with Gasteiger partial charge in [-0.05, 0) is 48.8 Å². The minimum atomic E-state index is -1.30. The maximum Gasteiger partial charge on any atom is 0.310 e. The third-order valence-corrected chi connectivity index (χ3v) is 8.56. The molecule has 3 aromatic carbocycles. The van der Waals surface area contributed by atoms with E-state index in [0.29, 0.717) is 32.1 Å². The molecule has 1 fully saturated rings. The topological polar surface area (TPSA) is 118 Å². The van der Waals surface area contributed by atoms with E-state index < -0.39 is 67.1 Å². The first-order chi connectivity index (χ1) is 22.9. The van der Waals surface area contributed by atoms with Gasteiger partial charge in [-0.3, -0.25) is 14.4 Å². The molecule has 0 aliphatic carbocycles. The van der Waals surface area contributed by atoms with E-state index in [2.05, 4.69) is 0 Å². The molecule has 9 nitrogen and oxygen atoms in total. The predicted octanol–water partition coefficient (Wildman–Crippen LogP) is 4.79. The van der Waals surface area contributed by atoms with Crippen molar-refractivity contribution in [1.82, 2.24) is 0 Å². The second kappa shape index (κ2) is 17.0. The molecule has 47 heavy (non-hydrogen) atoms. The molecule has 9 heteroatoms. The van der Waals surface area contributed by atoms with Gasteiger partial charge >= 0.3 is 17.9 Å². The number of carbonyl (C=O) groups excluding carboxylic acids is 3. The van der Waals surface area contributed by atoms with E-state index in [4.69, 9.17) is 23.7 Å². The van der Waals surface area contributed by atoms with Crippen LogP contribution in [0.15, 0.2) is 103 Å². The van der Waals surface area contributed by atoms with Crippen LogP contribution in [0.2, 0.25) is 0 Å². The zero-order valence-electron chi connectivity index (χ0n) is 26.5. The predicted molar refractivity (Wildman–Crippen MR) is 173 cm³/mol. The molecule has 0 spiro atoms. The lowest BCUT2D eigenvalue weighted by Gasteiger charge is -2.44. The lowest BCUT2D eigenvalue weighted by atomic mass is 9.92. The van der Waals surface area contributed by atoms with Gasteiger partial charge in [0.1, 0.15) is 6.10 Å². The smallest absolute Gasteiger partial charge is 0.310 e. The summed E-state index contributed by atoms with van der Waals surface area (Å²) < 4.78 is 29.7. The molecular formula is C38H42O9. The number of allylic oxidation sites excluding steroid dienone is 2. The van der Waals surface area contributed by atoms with Gasteiger partial charge in [0.2, 0.25) is 0 Å². The number of fused-ring (bicyclic) bond motifs is 1. The van der Waals surface area contributed by atoms with E-state index in [1.165, 1.54) is 7.11 Å². The Hall–Kier alpha value is -4.31. The molecule has 3 aromatic rings. The number of aryl methyl sites for hydroxylation is 1. The fourth-order valence-electron chi connectivity index (χ4n) is 6.02. The monoisotopic (exact) mass is 642 g/mol. The van der Waals surface area contributed by atoms with Gasteiger partial charge in [0.25, 0.3) is 0 Å². The van der Waals surface area contributed by atoms with Gasteiger partial charge in [0.05, 0.1) is 18.4 Å². The molecule has 1 saturated heterocycles. The van der Waals surface area contributed by atoms with Crippen molar-refractivity contribution < 1.29 is 43.2 Å². The number of aliphatic hydroxyl groups excluding tert-OH is 1. The van der Waals surface area contributed by atoms with Gasteiger partial charge in [0, 0.05) is 13.5 Å². The first kappa shape index (κ1) is 34.0. The summed E-state index contributed by atoms with van der Waals surface area (Å²) in [4.78, 5) is 40.9. The Bertz CT molecular complexity index is 1460. The van der Waals surface area contributed by atoms with Gasteiger partial charge in [-0.1, -0.05) is 103 Å². The van der Waals surface area contributed by atoms with Crippen LogP contribution < -0.4 is 0 Å².